The Hall–Kier alpha value is -2.67. The predicted octanol–water partition coefficient (Wildman–Crippen LogP) is 2.94. The third-order valence-electron chi connectivity index (χ3n) is 4.09. The fraction of sp³-hybridized carbons (Fsp3) is 0.263. The van der Waals surface area contributed by atoms with E-state index in [1.807, 2.05) is 42.5 Å². The van der Waals surface area contributed by atoms with Crippen molar-refractivity contribution in [3.8, 4) is 17.2 Å². The first-order chi connectivity index (χ1) is 12.7. The van der Waals surface area contributed by atoms with Crippen LogP contribution < -0.4 is 20.1 Å². The van der Waals surface area contributed by atoms with Gasteiger partial charge in [0.25, 0.3) is 0 Å². The topological polar surface area (TPSA) is 78.4 Å². The Bertz CT molecular complexity index is 812. The summed E-state index contributed by atoms with van der Waals surface area (Å²) in [6, 6.07) is 13.6. The minimum Gasteiger partial charge on any atom is -0.493 e. The summed E-state index contributed by atoms with van der Waals surface area (Å²) in [5, 5.41) is 5.01. The monoisotopic (exact) mass is 371 g/mol. The Morgan fingerprint density at radius 2 is 1.73 bits per heavy atom. The number of ether oxygens (including phenoxy) is 3. The number of methoxy groups -OCH3 is 3. The van der Waals surface area contributed by atoms with E-state index >= 15 is 0 Å². The molecule has 7 heteroatoms. The minimum atomic E-state index is -0.136. The van der Waals surface area contributed by atoms with Gasteiger partial charge in [-0.1, -0.05) is 30.3 Å². The summed E-state index contributed by atoms with van der Waals surface area (Å²) in [7, 11) is 4.73. The highest BCUT2D eigenvalue weighted by atomic mass is 32.2. The summed E-state index contributed by atoms with van der Waals surface area (Å²) in [4.78, 5) is 4.82. The lowest BCUT2D eigenvalue weighted by molar-refractivity contribution is 0.324. The van der Waals surface area contributed by atoms with Crippen LogP contribution in [-0.2, 0) is 0 Å². The molecule has 0 amide bonds. The Labute approximate surface area is 157 Å². The molecule has 26 heavy (non-hydrogen) atoms. The first-order valence-electron chi connectivity index (χ1n) is 8.06. The molecule has 1 unspecified atom stereocenters. The maximum Gasteiger partial charge on any atom is 0.203 e. The predicted molar refractivity (Wildman–Crippen MR) is 106 cm³/mol. The summed E-state index contributed by atoms with van der Waals surface area (Å²) >= 11 is 1.70. The van der Waals surface area contributed by atoms with Crippen molar-refractivity contribution in [3.05, 3.63) is 53.6 Å². The number of thioether (sulfide) groups is 1. The Balaban J connectivity index is 1.96. The van der Waals surface area contributed by atoms with Gasteiger partial charge in [-0.15, -0.1) is 11.8 Å². The van der Waals surface area contributed by atoms with Crippen LogP contribution in [0.25, 0.3) is 0 Å². The van der Waals surface area contributed by atoms with Gasteiger partial charge in [-0.2, -0.15) is 5.10 Å². The van der Waals surface area contributed by atoms with E-state index in [1.54, 1.807) is 33.1 Å². The van der Waals surface area contributed by atoms with Crippen LogP contribution >= 0.6 is 11.8 Å². The molecule has 0 saturated heterocycles. The fourth-order valence-electron chi connectivity index (χ4n) is 2.83. The van der Waals surface area contributed by atoms with E-state index in [0.29, 0.717) is 23.0 Å². The number of aliphatic imine (C=N–C) groups is 1. The van der Waals surface area contributed by atoms with Crippen LogP contribution in [0.5, 0.6) is 17.2 Å². The number of nitrogens with two attached hydrogens (primary N) is 1. The smallest absolute Gasteiger partial charge is 0.203 e. The van der Waals surface area contributed by atoms with Crippen molar-refractivity contribution in [3.63, 3.8) is 0 Å². The number of hydrogen-bond acceptors (Lipinski definition) is 7. The second kappa shape index (κ2) is 8.14. The lowest BCUT2D eigenvalue weighted by Gasteiger charge is -2.16. The lowest BCUT2D eigenvalue weighted by Crippen LogP contribution is -2.22. The van der Waals surface area contributed by atoms with Crippen molar-refractivity contribution in [2.45, 2.75) is 6.04 Å². The molecule has 0 bridgehead atoms. The van der Waals surface area contributed by atoms with Crippen molar-refractivity contribution in [2.75, 3.05) is 27.1 Å². The molecule has 0 aliphatic carbocycles. The molecule has 6 nitrogen and oxygen atoms in total. The maximum absolute atomic E-state index is 5.72. The standard InChI is InChI=1S/C19H21N3O3S/c1-23-15-9-13(10-16(24-2)18(15)25-3)17(22-20)14-11-26-19(21-14)12-7-5-4-6-8-12/h4-10,14H,11,20H2,1-3H3. The highest BCUT2D eigenvalue weighted by molar-refractivity contribution is 8.14. The van der Waals surface area contributed by atoms with E-state index < -0.39 is 0 Å². The van der Waals surface area contributed by atoms with E-state index in [9.17, 15) is 0 Å². The van der Waals surface area contributed by atoms with Gasteiger partial charge in [0.05, 0.1) is 32.1 Å². The van der Waals surface area contributed by atoms with Gasteiger partial charge in [-0.25, -0.2) is 0 Å². The van der Waals surface area contributed by atoms with Gasteiger partial charge in [0.15, 0.2) is 11.5 Å². The molecule has 3 rings (SSSR count). The largest absolute Gasteiger partial charge is 0.493 e. The fourth-order valence-corrected chi connectivity index (χ4v) is 3.89. The quantitative estimate of drug-likeness (QED) is 0.480. The lowest BCUT2D eigenvalue weighted by atomic mass is 10.0. The second-order valence-corrected chi connectivity index (χ2v) is 6.56. The van der Waals surface area contributed by atoms with Crippen molar-refractivity contribution in [1.29, 1.82) is 0 Å². The van der Waals surface area contributed by atoms with Crippen LogP contribution in [0, 0.1) is 0 Å². The highest BCUT2D eigenvalue weighted by Gasteiger charge is 2.27. The third-order valence-corrected chi connectivity index (χ3v) is 5.18. The molecule has 0 aromatic heterocycles. The Morgan fingerprint density at radius 3 is 2.27 bits per heavy atom. The van der Waals surface area contributed by atoms with Gasteiger partial charge in [-0.3, -0.25) is 4.99 Å². The molecular weight excluding hydrogens is 350 g/mol. The number of benzene rings is 2. The van der Waals surface area contributed by atoms with Crippen LogP contribution in [0.4, 0.5) is 0 Å². The van der Waals surface area contributed by atoms with Gasteiger partial charge in [-0.05, 0) is 12.1 Å². The summed E-state index contributed by atoms with van der Waals surface area (Å²) in [5.74, 6) is 8.14. The molecule has 0 fully saturated rings. The number of nitrogens with zero attached hydrogens (tertiary/aromatic N) is 2. The van der Waals surface area contributed by atoms with E-state index in [4.69, 9.17) is 25.0 Å². The molecule has 1 heterocycles. The van der Waals surface area contributed by atoms with Crippen LogP contribution in [0.3, 0.4) is 0 Å². The number of hydrogen-bond donors (Lipinski definition) is 1. The molecule has 1 atom stereocenters. The van der Waals surface area contributed by atoms with Gasteiger partial charge in [0.1, 0.15) is 6.04 Å². The van der Waals surface area contributed by atoms with Crippen molar-refractivity contribution in [2.24, 2.45) is 15.9 Å². The van der Waals surface area contributed by atoms with E-state index in [0.717, 1.165) is 21.9 Å². The van der Waals surface area contributed by atoms with Crippen molar-refractivity contribution >= 4 is 22.5 Å². The van der Waals surface area contributed by atoms with E-state index in [-0.39, 0.29) is 6.04 Å². The zero-order chi connectivity index (χ0) is 18.5. The normalized spacial score (nSPS) is 17.0. The molecule has 0 saturated carbocycles. The molecule has 1 aliphatic heterocycles. The molecule has 2 N–H and O–H groups in total. The van der Waals surface area contributed by atoms with Crippen LogP contribution in [0.15, 0.2) is 52.6 Å². The summed E-state index contributed by atoms with van der Waals surface area (Å²) in [6.45, 7) is 0. The maximum atomic E-state index is 5.72. The minimum absolute atomic E-state index is 0.136. The van der Waals surface area contributed by atoms with Crippen LogP contribution in [0.1, 0.15) is 11.1 Å². The molecule has 1 aliphatic rings. The molecule has 2 aromatic carbocycles. The molecule has 136 valence electrons. The van der Waals surface area contributed by atoms with Crippen LogP contribution in [0.2, 0.25) is 0 Å². The second-order valence-electron chi connectivity index (χ2n) is 5.56. The van der Waals surface area contributed by atoms with Gasteiger partial charge in [0.2, 0.25) is 5.75 Å². The SMILES string of the molecule is COc1cc(C(=NN)C2CSC(c3ccccc3)=N2)cc(OC)c1OC. The average Bonchev–Trinajstić information content (AvgIpc) is 3.18. The van der Waals surface area contributed by atoms with Gasteiger partial charge < -0.3 is 20.1 Å². The third kappa shape index (κ3) is 3.48. The van der Waals surface area contributed by atoms with E-state index in [2.05, 4.69) is 5.10 Å². The molecule has 2 aromatic rings. The van der Waals surface area contributed by atoms with Crippen LogP contribution in [-0.4, -0.2) is 43.9 Å². The highest BCUT2D eigenvalue weighted by Crippen LogP contribution is 2.39. The zero-order valence-electron chi connectivity index (χ0n) is 14.9. The molecule has 0 radical (unpaired) electrons. The summed E-state index contributed by atoms with van der Waals surface area (Å²) in [6.07, 6.45) is 0. The molecule has 0 spiro atoms. The number of hydrazone groups is 1. The average molecular weight is 371 g/mol. The van der Waals surface area contributed by atoms with Crippen molar-refractivity contribution in [1.82, 2.24) is 0 Å². The first kappa shape index (κ1) is 18.1. The Morgan fingerprint density at radius 1 is 1.08 bits per heavy atom. The Kier molecular flexibility index (Phi) is 5.68. The summed E-state index contributed by atoms with van der Waals surface area (Å²) < 4.78 is 16.2. The van der Waals surface area contributed by atoms with E-state index in [1.165, 1.54) is 0 Å². The van der Waals surface area contributed by atoms with Gasteiger partial charge in [0, 0.05) is 16.9 Å². The summed E-state index contributed by atoms with van der Waals surface area (Å²) in [5.41, 5.74) is 2.58. The van der Waals surface area contributed by atoms with Crippen molar-refractivity contribution < 1.29 is 14.2 Å². The first-order valence-corrected chi connectivity index (χ1v) is 9.04. The van der Waals surface area contributed by atoms with Gasteiger partial charge >= 0.3 is 0 Å². The molecular formula is C19H21N3O3S. The number of rotatable bonds is 6. The zero-order valence-corrected chi connectivity index (χ0v) is 15.7.